The van der Waals surface area contributed by atoms with Gasteiger partial charge in [-0.1, -0.05) is 66.7 Å². The Morgan fingerprint density at radius 1 is 0.415 bits per heavy atom. The lowest BCUT2D eigenvalue weighted by Crippen LogP contribution is -2.42. The van der Waals surface area contributed by atoms with Gasteiger partial charge in [0.15, 0.2) is 11.5 Å². The fourth-order valence-electron chi connectivity index (χ4n) is 10.7. The van der Waals surface area contributed by atoms with Crippen molar-refractivity contribution in [2.24, 2.45) is 0 Å². The number of fused-ring (bicyclic) bond motifs is 4. The molecule has 82 heavy (non-hydrogen) atoms. The summed E-state index contributed by atoms with van der Waals surface area (Å²) in [5.74, 6) is 0.0718. The van der Waals surface area contributed by atoms with Crippen molar-refractivity contribution in [2.45, 2.75) is 68.5 Å². The molecule has 0 saturated heterocycles. The number of benzene rings is 8. The fourth-order valence-corrected chi connectivity index (χ4v) is 10.7. The molecule has 8 aromatic carbocycles. The van der Waals surface area contributed by atoms with Gasteiger partial charge in [0.1, 0.15) is 58.4 Å². The Bertz CT molecular complexity index is 3520. The van der Waals surface area contributed by atoms with E-state index in [9.17, 15) is 56.2 Å². The first-order chi connectivity index (χ1) is 39.3. The molecule has 4 heterocycles. The molecule has 428 valence electrons. The van der Waals surface area contributed by atoms with E-state index in [1.165, 1.54) is 19.2 Å². The number of aromatic hydroxyl groups is 7. The second-order valence-electron chi connectivity index (χ2n) is 20.4. The van der Waals surface area contributed by atoms with Gasteiger partial charge < -0.3 is 84.6 Å². The van der Waals surface area contributed by atoms with Crippen LogP contribution in [0.3, 0.4) is 0 Å². The number of ether oxygens (including phenoxy) is 6. The van der Waals surface area contributed by atoms with E-state index in [0.29, 0.717) is 70.4 Å². The number of hydrogen-bond acceptors (Lipinski definition) is 17. The molecule has 8 atom stereocenters. The van der Waals surface area contributed by atoms with E-state index in [2.05, 4.69) is 0 Å². The summed E-state index contributed by atoms with van der Waals surface area (Å²) in [5.41, 5.74) is 7.91. The van der Waals surface area contributed by atoms with E-state index < -0.39 is 35.8 Å². The molecule has 0 amide bonds. The Hall–Kier alpha value is -8.84. The van der Waals surface area contributed by atoms with Gasteiger partial charge in [-0.05, 0) is 128 Å². The average molecular weight is 1120 g/mol. The predicted octanol–water partition coefficient (Wildman–Crippen LogP) is 10.2. The van der Waals surface area contributed by atoms with Gasteiger partial charge in [-0.15, -0.1) is 0 Å². The minimum Gasteiger partial charge on any atom is -0.508 e. The number of methoxy groups -OCH3 is 2. The van der Waals surface area contributed by atoms with E-state index >= 15 is 0 Å². The monoisotopic (exact) mass is 1120 g/mol. The van der Waals surface area contributed by atoms with Gasteiger partial charge in [0.25, 0.3) is 0 Å². The molecule has 8 unspecified atom stereocenters. The molecule has 12 rings (SSSR count). The van der Waals surface area contributed by atoms with Gasteiger partial charge in [0, 0.05) is 58.2 Å². The molecule has 0 saturated carbocycles. The van der Waals surface area contributed by atoms with Crippen LogP contribution in [0, 0.1) is 20.8 Å². The molecular formula is C65H66O17. The maximum absolute atomic E-state index is 11.0. The summed E-state index contributed by atoms with van der Waals surface area (Å²) in [6.07, 6.45) is -2.07. The van der Waals surface area contributed by atoms with E-state index in [4.69, 9.17) is 28.4 Å². The van der Waals surface area contributed by atoms with Crippen LogP contribution in [-0.2, 0) is 10.5 Å². The van der Waals surface area contributed by atoms with Crippen LogP contribution >= 0.6 is 0 Å². The van der Waals surface area contributed by atoms with Crippen molar-refractivity contribution in [3.8, 4) is 69.0 Å². The van der Waals surface area contributed by atoms with E-state index in [1.807, 2.05) is 60.7 Å². The molecular weight excluding hydrogens is 1050 g/mol. The highest BCUT2D eigenvalue weighted by Crippen LogP contribution is 2.52. The van der Waals surface area contributed by atoms with Crippen LogP contribution in [0.4, 0.5) is 0 Å². The molecule has 8 aromatic rings. The van der Waals surface area contributed by atoms with Crippen molar-refractivity contribution in [1.82, 2.24) is 0 Å². The first-order valence-electron chi connectivity index (χ1n) is 26.5. The summed E-state index contributed by atoms with van der Waals surface area (Å²) in [6, 6.07) is 43.2. The predicted molar refractivity (Wildman–Crippen MR) is 303 cm³/mol. The number of aliphatic hydroxyl groups is 4. The summed E-state index contributed by atoms with van der Waals surface area (Å²) in [6.45, 7) is 6.46. The van der Waals surface area contributed by atoms with E-state index in [0.717, 1.165) is 33.6 Å². The minimum atomic E-state index is -1.64. The molecule has 17 heteroatoms. The van der Waals surface area contributed by atoms with E-state index in [1.54, 1.807) is 107 Å². The SMILES string of the molecule is COC1(O)c2ccc(O)c(O)c2OCC1c1ccccc1.COc1ccc(C2COc3c(ccc(O)c3C)C2O)cc1.Cc1c(O)ccc2c1OCC(c1ccc(O)cc1)C2O.Cc1c(O)ccc2c1OCC(c1cccc(O)c1)C2O. The molecule has 17 nitrogen and oxygen atoms in total. The number of hydrogen-bond donors (Lipinski definition) is 11. The Kier molecular flexibility index (Phi) is 17.3. The molecule has 0 fully saturated rings. The zero-order valence-electron chi connectivity index (χ0n) is 45.7. The molecule has 11 N–H and O–H groups in total. The zero-order chi connectivity index (χ0) is 58.6. The van der Waals surface area contributed by atoms with Gasteiger partial charge in [-0.3, -0.25) is 0 Å². The first-order valence-corrected chi connectivity index (χ1v) is 26.5. The summed E-state index contributed by atoms with van der Waals surface area (Å²) in [5, 5.41) is 110. The quantitative estimate of drug-likeness (QED) is 0.0545. The number of rotatable bonds is 6. The van der Waals surface area contributed by atoms with Crippen molar-refractivity contribution in [3.05, 3.63) is 213 Å². The fraction of sp³-hybridized carbons (Fsp3) is 0.262. The third kappa shape index (κ3) is 11.5. The van der Waals surface area contributed by atoms with E-state index in [-0.39, 0.29) is 64.6 Å². The van der Waals surface area contributed by atoms with Crippen molar-refractivity contribution in [1.29, 1.82) is 0 Å². The van der Waals surface area contributed by atoms with Crippen LogP contribution in [0.15, 0.2) is 152 Å². The molecule has 4 aliphatic rings. The highest BCUT2D eigenvalue weighted by atomic mass is 16.6. The largest absolute Gasteiger partial charge is 0.508 e. The lowest BCUT2D eigenvalue weighted by molar-refractivity contribution is -0.224. The summed E-state index contributed by atoms with van der Waals surface area (Å²) >= 11 is 0. The van der Waals surface area contributed by atoms with Crippen molar-refractivity contribution in [2.75, 3.05) is 40.6 Å². The van der Waals surface area contributed by atoms with Crippen LogP contribution in [0.5, 0.6) is 69.0 Å². The van der Waals surface area contributed by atoms with Crippen LogP contribution < -0.4 is 23.7 Å². The van der Waals surface area contributed by atoms with Gasteiger partial charge >= 0.3 is 0 Å². The standard InChI is InChI=1S/C17H18O4.C16H16O5.2C16H16O4/c1-10-15(18)8-7-13-16(19)14(9-21-17(10)13)11-3-5-12(20-2)6-4-11;1-20-16(19)11-7-8-13(17)14(18)15(11)21-9-12(16)10-5-3-2-4-6-10;1-9-14(18)7-6-12-15(19)13(8-20-16(9)12)10-2-4-11(17)5-3-10;1-9-14(18)6-5-12-15(19)13(8-20-16(9)12)10-3-2-4-11(17)7-10/h3-8,14,16,18-19H,9H2,1-2H3;2-8,12,17-19H,9H2,1H3;2*2-7,13,15,17-19H,8H2,1H3. The lowest BCUT2D eigenvalue weighted by atomic mass is 9.84. The van der Waals surface area contributed by atoms with Gasteiger partial charge in [-0.25, -0.2) is 0 Å². The second kappa shape index (κ2) is 24.5. The Labute approximate surface area is 473 Å². The molecule has 0 radical (unpaired) electrons. The van der Waals surface area contributed by atoms with Crippen molar-refractivity contribution < 1.29 is 84.6 Å². The summed E-state index contributed by atoms with van der Waals surface area (Å²) in [4.78, 5) is 0. The maximum atomic E-state index is 11.0. The van der Waals surface area contributed by atoms with Crippen LogP contribution in [0.25, 0.3) is 0 Å². The lowest BCUT2D eigenvalue weighted by Gasteiger charge is -2.40. The summed E-state index contributed by atoms with van der Waals surface area (Å²) < 4.78 is 33.3. The number of phenolic OH excluding ortho intramolecular Hbond substituents is 7. The number of phenols is 7. The van der Waals surface area contributed by atoms with Gasteiger partial charge in [0.05, 0.1) is 56.7 Å². The Morgan fingerprint density at radius 3 is 1.29 bits per heavy atom. The zero-order valence-corrected chi connectivity index (χ0v) is 45.7. The van der Waals surface area contributed by atoms with Crippen LogP contribution in [-0.4, -0.2) is 96.8 Å². The maximum Gasteiger partial charge on any atom is 0.206 e. The van der Waals surface area contributed by atoms with Crippen LogP contribution in [0.1, 0.15) is 103 Å². The topological polar surface area (TPSA) is 278 Å². The molecule has 0 bridgehead atoms. The number of aliphatic hydroxyl groups excluding tert-OH is 3. The molecule has 0 aliphatic carbocycles. The third-order valence-corrected chi connectivity index (χ3v) is 15.6. The highest BCUT2D eigenvalue weighted by Gasteiger charge is 2.47. The first kappa shape index (κ1) is 57.8. The second-order valence-corrected chi connectivity index (χ2v) is 20.4. The molecule has 4 aliphatic heterocycles. The van der Waals surface area contributed by atoms with Gasteiger partial charge in [-0.2, -0.15) is 0 Å². The van der Waals surface area contributed by atoms with Crippen molar-refractivity contribution >= 4 is 0 Å². The normalized spacial score (nSPS) is 21.7. The van der Waals surface area contributed by atoms with Crippen LogP contribution in [0.2, 0.25) is 0 Å². The highest BCUT2D eigenvalue weighted by molar-refractivity contribution is 5.58. The Balaban J connectivity index is 0.000000132. The third-order valence-electron chi connectivity index (χ3n) is 15.6. The summed E-state index contributed by atoms with van der Waals surface area (Å²) in [7, 11) is 3.02. The smallest absolute Gasteiger partial charge is 0.206 e. The average Bonchev–Trinajstić information content (AvgIpc) is 2.95. The molecule has 0 spiro atoms. The Morgan fingerprint density at radius 2 is 0.841 bits per heavy atom. The van der Waals surface area contributed by atoms with Gasteiger partial charge in [0.2, 0.25) is 11.5 Å². The molecule has 0 aromatic heterocycles. The van der Waals surface area contributed by atoms with Crippen molar-refractivity contribution in [3.63, 3.8) is 0 Å². The minimum absolute atomic E-state index is 0.0477.